The van der Waals surface area contributed by atoms with Crippen molar-refractivity contribution < 1.29 is 13.9 Å². The Kier molecular flexibility index (Phi) is 4.65. The molecule has 0 bridgehead atoms. The molecule has 0 aromatic heterocycles. The van der Waals surface area contributed by atoms with E-state index < -0.39 is 12.5 Å². The first-order valence-corrected chi connectivity index (χ1v) is 4.83. The average molecular weight is 215 g/mol. The maximum atomic E-state index is 12.0. The molecule has 2 nitrogen and oxygen atoms in total. The van der Waals surface area contributed by atoms with Gasteiger partial charge in [-0.2, -0.15) is 0 Å². The van der Waals surface area contributed by atoms with Gasteiger partial charge in [-0.05, 0) is 18.2 Å². The van der Waals surface area contributed by atoms with E-state index in [0.29, 0.717) is 12.1 Å². The molecule has 1 aromatic rings. The summed E-state index contributed by atoms with van der Waals surface area (Å²) in [4.78, 5) is 0. The Bertz CT molecular complexity index is 287. The van der Waals surface area contributed by atoms with Crippen LogP contribution in [0.15, 0.2) is 24.3 Å². The quantitative estimate of drug-likeness (QED) is 0.784. The molecule has 0 heterocycles. The highest BCUT2D eigenvalue weighted by atomic mass is 19.3. The van der Waals surface area contributed by atoms with Crippen molar-refractivity contribution in [1.29, 1.82) is 0 Å². The lowest BCUT2D eigenvalue weighted by molar-refractivity contribution is 0.149. The molecule has 2 N–H and O–H groups in total. The number of aliphatic hydroxyl groups excluding tert-OH is 1. The van der Waals surface area contributed by atoms with Gasteiger partial charge in [-0.15, -0.1) is 0 Å². The zero-order chi connectivity index (χ0) is 11.3. The van der Waals surface area contributed by atoms with E-state index in [1.54, 1.807) is 31.3 Å². The van der Waals surface area contributed by atoms with Gasteiger partial charge in [-0.25, -0.2) is 8.78 Å². The van der Waals surface area contributed by atoms with Crippen LogP contribution in [0.3, 0.4) is 0 Å². The molecular formula is C11H15F2NO. The van der Waals surface area contributed by atoms with Crippen molar-refractivity contribution in [2.45, 2.75) is 19.0 Å². The van der Waals surface area contributed by atoms with E-state index in [2.05, 4.69) is 5.32 Å². The summed E-state index contributed by atoms with van der Waals surface area (Å²) in [6.45, 7) is 0.453. The minimum Gasteiger partial charge on any atom is -0.387 e. The van der Waals surface area contributed by atoms with Crippen molar-refractivity contribution in [2.24, 2.45) is 0 Å². The summed E-state index contributed by atoms with van der Waals surface area (Å²) in [5.74, 6) is 0. The van der Waals surface area contributed by atoms with Crippen molar-refractivity contribution >= 4 is 0 Å². The third kappa shape index (κ3) is 3.93. The van der Waals surface area contributed by atoms with E-state index >= 15 is 0 Å². The molecular weight excluding hydrogens is 200 g/mol. The predicted molar refractivity (Wildman–Crippen MR) is 55.0 cm³/mol. The Balaban J connectivity index is 2.63. The smallest absolute Gasteiger partial charge is 0.242 e. The van der Waals surface area contributed by atoms with Crippen LogP contribution in [0.2, 0.25) is 0 Å². The molecule has 0 amide bonds. The second-order valence-corrected chi connectivity index (χ2v) is 3.41. The van der Waals surface area contributed by atoms with Crippen molar-refractivity contribution in [1.82, 2.24) is 5.32 Å². The maximum absolute atomic E-state index is 12.0. The van der Waals surface area contributed by atoms with Crippen molar-refractivity contribution in [3.8, 4) is 0 Å². The summed E-state index contributed by atoms with van der Waals surface area (Å²) in [5, 5.41) is 12.4. The average Bonchev–Trinajstić information content (AvgIpc) is 2.18. The second-order valence-electron chi connectivity index (χ2n) is 3.41. The minimum absolute atomic E-state index is 0.234. The lowest BCUT2D eigenvalue weighted by Gasteiger charge is -2.10. The Morgan fingerprint density at radius 1 is 1.27 bits per heavy atom. The lowest BCUT2D eigenvalue weighted by atomic mass is 10.1. The summed E-state index contributed by atoms with van der Waals surface area (Å²) in [6, 6.07) is 6.61. The van der Waals surface area contributed by atoms with Crippen LogP contribution in [0.1, 0.15) is 17.2 Å². The van der Waals surface area contributed by atoms with Gasteiger partial charge >= 0.3 is 0 Å². The topological polar surface area (TPSA) is 32.3 Å². The normalized spacial score (nSPS) is 13.1. The maximum Gasteiger partial charge on any atom is 0.242 e. The number of aliphatic hydroxyl groups is 1. The van der Waals surface area contributed by atoms with Crippen LogP contribution in [-0.4, -0.2) is 25.1 Å². The SMILES string of the molecule is CNCC(O)c1ccc(CC(F)F)cc1. The molecule has 1 atom stereocenters. The highest BCUT2D eigenvalue weighted by Crippen LogP contribution is 2.14. The van der Waals surface area contributed by atoms with Gasteiger partial charge in [0.1, 0.15) is 0 Å². The van der Waals surface area contributed by atoms with E-state index in [1.807, 2.05) is 0 Å². The molecule has 4 heteroatoms. The number of benzene rings is 1. The van der Waals surface area contributed by atoms with Crippen molar-refractivity contribution in [2.75, 3.05) is 13.6 Å². The van der Waals surface area contributed by atoms with Crippen LogP contribution in [0.4, 0.5) is 8.78 Å². The van der Waals surface area contributed by atoms with Gasteiger partial charge in [0.2, 0.25) is 6.43 Å². The minimum atomic E-state index is -2.32. The Labute approximate surface area is 87.9 Å². The predicted octanol–water partition coefficient (Wildman–Crippen LogP) is 1.75. The molecule has 1 unspecified atom stereocenters. The molecule has 1 rings (SSSR count). The van der Waals surface area contributed by atoms with Gasteiger partial charge in [0, 0.05) is 13.0 Å². The number of hydrogen-bond acceptors (Lipinski definition) is 2. The molecule has 1 aromatic carbocycles. The molecule has 0 fully saturated rings. The molecule has 0 aliphatic heterocycles. The number of halogens is 2. The highest BCUT2D eigenvalue weighted by molar-refractivity contribution is 5.24. The third-order valence-corrected chi connectivity index (χ3v) is 2.15. The van der Waals surface area contributed by atoms with E-state index in [-0.39, 0.29) is 6.42 Å². The van der Waals surface area contributed by atoms with Gasteiger partial charge in [0.05, 0.1) is 6.10 Å². The highest BCUT2D eigenvalue weighted by Gasteiger charge is 2.07. The fourth-order valence-electron chi connectivity index (χ4n) is 1.37. The fraction of sp³-hybridized carbons (Fsp3) is 0.455. The molecule has 0 aliphatic rings. The number of likely N-dealkylation sites (N-methyl/N-ethyl adjacent to an activating group) is 1. The van der Waals surface area contributed by atoms with E-state index in [4.69, 9.17) is 0 Å². The summed E-state index contributed by atoms with van der Waals surface area (Å²) in [6.07, 6.45) is -3.14. The molecule has 15 heavy (non-hydrogen) atoms. The Morgan fingerprint density at radius 2 is 1.87 bits per heavy atom. The Hall–Kier alpha value is -1.00. The zero-order valence-corrected chi connectivity index (χ0v) is 8.58. The van der Waals surface area contributed by atoms with E-state index in [9.17, 15) is 13.9 Å². The molecule has 0 saturated carbocycles. The summed E-state index contributed by atoms with van der Waals surface area (Å²) >= 11 is 0. The fourth-order valence-corrected chi connectivity index (χ4v) is 1.37. The standard InChI is InChI=1S/C11H15F2NO/c1-14-7-10(15)9-4-2-8(3-5-9)6-11(12)13/h2-5,10-11,14-15H,6-7H2,1H3. The molecule has 0 radical (unpaired) electrons. The summed E-state index contributed by atoms with van der Waals surface area (Å²) < 4.78 is 24.1. The van der Waals surface area contributed by atoms with Crippen LogP contribution in [0, 0.1) is 0 Å². The monoisotopic (exact) mass is 215 g/mol. The van der Waals surface area contributed by atoms with Gasteiger partial charge in [-0.3, -0.25) is 0 Å². The van der Waals surface area contributed by atoms with Crippen LogP contribution in [0.25, 0.3) is 0 Å². The largest absolute Gasteiger partial charge is 0.387 e. The molecule has 84 valence electrons. The molecule has 0 aliphatic carbocycles. The summed E-state index contributed by atoms with van der Waals surface area (Å²) in [5.41, 5.74) is 1.33. The van der Waals surface area contributed by atoms with Crippen LogP contribution in [0.5, 0.6) is 0 Å². The van der Waals surface area contributed by atoms with Crippen molar-refractivity contribution in [3.63, 3.8) is 0 Å². The van der Waals surface area contributed by atoms with Gasteiger partial charge in [0.15, 0.2) is 0 Å². The van der Waals surface area contributed by atoms with Crippen LogP contribution >= 0.6 is 0 Å². The number of alkyl halides is 2. The lowest BCUT2D eigenvalue weighted by Crippen LogP contribution is -2.16. The summed E-state index contributed by atoms with van der Waals surface area (Å²) in [7, 11) is 1.74. The third-order valence-electron chi connectivity index (χ3n) is 2.15. The van der Waals surface area contributed by atoms with E-state index in [1.165, 1.54) is 0 Å². The van der Waals surface area contributed by atoms with Gasteiger partial charge < -0.3 is 10.4 Å². The first-order chi connectivity index (χ1) is 7.13. The van der Waals surface area contributed by atoms with Crippen molar-refractivity contribution in [3.05, 3.63) is 35.4 Å². The van der Waals surface area contributed by atoms with Crippen LogP contribution < -0.4 is 5.32 Å². The molecule has 0 spiro atoms. The second kappa shape index (κ2) is 5.78. The first-order valence-electron chi connectivity index (χ1n) is 4.83. The zero-order valence-electron chi connectivity index (χ0n) is 8.58. The van der Waals surface area contributed by atoms with Crippen LogP contribution in [-0.2, 0) is 6.42 Å². The van der Waals surface area contributed by atoms with E-state index in [0.717, 1.165) is 5.56 Å². The number of nitrogens with one attached hydrogen (secondary N) is 1. The Morgan fingerprint density at radius 3 is 2.33 bits per heavy atom. The van der Waals surface area contributed by atoms with Gasteiger partial charge in [0.25, 0.3) is 0 Å². The van der Waals surface area contributed by atoms with Gasteiger partial charge in [-0.1, -0.05) is 24.3 Å². The number of rotatable bonds is 5. The molecule has 0 saturated heterocycles. The first kappa shape index (κ1) is 12.1. The number of hydrogen-bond donors (Lipinski definition) is 2.